The monoisotopic (exact) mass is 214 g/mol. The van der Waals surface area contributed by atoms with Crippen molar-refractivity contribution in [2.24, 2.45) is 0 Å². The molecule has 1 aliphatic rings. The highest BCUT2D eigenvalue weighted by Gasteiger charge is 2.21. The van der Waals surface area contributed by atoms with Gasteiger partial charge in [-0.15, -0.1) is 0 Å². The zero-order valence-corrected chi connectivity index (χ0v) is 10.2. The van der Waals surface area contributed by atoms with Crippen LogP contribution < -0.4 is 5.32 Å². The van der Waals surface area contributed by atoms with Crippen molar-refractivity contribution in [3.05, 3.63) is 0 Å². The summed E-state index contributed by atoms with van der Waals surface area (Å²) in [6.07, 6.45) is 4.75. The summed E-state index contributed by atoms with van der Waals surface area (Å²) in [6, 6.07) is 1.31. The Morgan fingerprint density at radius 2 is 2.13 bits per heavy atom. The van der Waals surface area contributed by atoms with Gasteiger partial charge in [0, 0.05) is 25.2 Å². The number of aliphatic hydroxyl groups is 1. The summed E-state index contributed by atoms with van der Waals surface area (Å²) in [5.41, 5.74) is 0. The van der Waals surface area contributed by atoms with Gasteiger partial charge in [-0.25, -0.2) is 0 Å². The molecule has 0 radical (unpaired) electrons. The number of hydrogen-bond donors (Lipinski definition) is 2. The summed E-state index contributed by atoms with van der Waals surface area (Å²) in [5, 5.41) is 12.4. The Hall–Kier alpha value is -0.120. The maximum absolute atomic E-state index is 8.91. The first-order valence-corrected chi connectivity index (χ1v) is 6.33. The summed E-state index contributed by atoms with van der Waals surface area (Å²) in [7, 11) is 0. The van der Waals surface area contributed by atoms with Crippen LogP contribution in [0.5, 0.6) is 0 Å². The predicted molar refractivity (Wildman–Crippen MR) is 64.1 cm³/mol. The molecule has 0 aromatic heterocycles. The van der Waals surface area contributed by atoms with E-state index in [1.807, 2.05) is 0 Å². The van der Waals surface area contributed by atoms with Crippen molar-refractivity contribution in [3.8, 4) is 0 Å². The first kappa shape index (κ1) is 12.9. The fraction of sp³-hybridized carbons (Fsp3) is 1.00. The third kappa shape index (κ3) is 4.49. The Bertz CT molecular complexity index is 154. The highest BCUT2D eigenvalue weighted by Crippen LogP contribution is 2.16. The molecule has 1 rings (SSSR count). The van der Waals surface area contributed by atoms with Gasteiger partial charge in [0.2, 0.25) is 0 Å². The lowest BCUT2D eigenvalue weighted by molar-refractivity contribution is 0.128. The molecule has 1 aliphatic heterocycles. The Kier molecular flexibility index (Phi) is 6.22. The van der Waals surface area contributed by atoms with Crippen molar-refractivity contribution < 1.29 is 5.11 Å². The van der Waals surface area contributed by atoms with Crippen molar-refractivity contribution in [1.29, 1.82) is 0 Å². The molecule has 0 aromatic carbocycles. The van der Waals surface area contributed by atoms with E-state index in [0.717, 1.165) is 19.5 Å². The topological polar surface area (TPSA) is 35.5 Å². The van der Waals surface area contributed by atoms with Gasteiger partial charge in [-0.05, 0) is 52.6 Å². The minimum Gasteiger partial charge on any atom is -0.396 e. The molecule has 15 heavy (non-hydrogen) atoms. The van der Waals surface area contributed by atoms with E-state index in [9.17, 15) is 0 Å². The van der Waals surface area contributed by atoms with Gasteiger partial charge in [0.1, 0.15) is 0 Å². The fourth-order valence-corrected chi connectivity index (χ4v) is 2.45. The largest absolute Gasteiger partial charge is 0.396 e. The zero-order valence-electron chi connectivity index (χ0n) is 10.2. The number of hydrogen-bond acceptors (Lipinski definition) is 3. The van der Waals surface area contributed by atoms with Crippen molar-refractivity contribution in [1.82, 2.24) is 10.2 Å². The van der Waals surface area contributed by atoms with Crippen LogP contribution >= 0.6 is 0 Å². The van der Waals surface area contributed by atoms with Crippen LogP contribution in [0.2, 0.25) is 0 Å². The zero-order chi connectivity index (χ0) is 11.1. The third-order valence-corrected chi connectivity index (χ3v) is 3.25. The van der Waals surface area contributed by atoms with Gasteiger partial charge < -0.3 is 10.4 Å². The molecule has 90 valence electrons. The standard InChI is InChI=1S/C12H26N2O/c1-11(2)14(9-4-10-15)12-5-3-7-13-8-6-12/h11-13,15H,3-10H2,1-2H3. The number of aliphatic hydroxyl groups excluding tert-OH is 1. The van der Waals surface area contributed by atoms with E-state index < -0.39 is 0 Å². The first-order chi connectivity index (χ1) is 7.25. The maximum Gasteiger partial charge on any atom is 0.0443 e. The molecule has 0 aromatic rings. The van der Waals surface area contributed by atoms with Crippen LogP contribution in [0, 0.1) is 0 Å². The van der Waals surface area contributed by atoms with E-state index in [1.54, 1.807) is 0 Å². The van der Waals surface area contributed by atoms with Crippen LogP contribution in [0.25, 0.3) is 0 Å². The van der Waals surface area contributed by atoms with E-state index in [0.29, 0.717) is 18.7 Å². The predicted octanol–water partition coefficient (Wildman–Crippen LogP) is 1.22. The van der Waals surface area contributed by atoms with Crippen LogP contribution in [-0.4, -0.2) is 48.3 Å². The van der Waals surface area contributed by atoms with Crippen LogP contribution in [0.1, 0.15) is 39.5 Å². The SMILES string of the molecule is CC(C)N(CCCO)C1CCCNCC1. The molecule has 0 spiro atoms. The summed E-state index contributed by atoms with van der Waals surface area (Å²) >= 11 is 0. The summed E-state index contributed by atoms with van der Waals surface area (Å²) in [5.74, 6) is 0. The van der Waals surface area contributed by atoms with Crippen molar-refractivity contribution in [2.75, 3.05) is 26.2 Å². The lowest BCUT2D eigenvalue weighted by Gasteiger charge is -2.34. The van der Waals surface area contributed by atoms with Crippen LogP contribution in [0.3, 0.4) is 0 Å². The molecule has 1 unspecified atom stereocenters. The molecule has 0 aliphatic carbocycles. The van der Waals surface area contributed by atoms with Crippen molar-refractivity contribution >= 4 is 0 Å². The average molecular weight is 214 g/mol. The summed E-state index contributed by atoms with van der Waals surface area (Å²) in [4.78, 5) is 2.56. The average Bonchev–Trinajstić information content (AvgIpc) is 2.47. The van der Waals surface area contributed by atoms with Gasteiger partial charge in [0.05, 0.1) is 0 Å². The van der Waals surface area contributed by atoms with E-state index in [-0.39, 0.29) is 0 Å². The molecule has 1 atom stereocenters. The van der Waals surface area contributed by atoms with Crippen molar-refractivity contribution in [3.63, 3.8) is 0 Å². The fourth-order valence-electron chi connectivity index (χ4n) is 2.45. The van der Waals surface area contributed by atoms with Gasteiger partial charge in [0.25, 0.3) is 0 Å². The van der Waals surface area contributed by atoms with E-state index in [4.69, 9.17) is 5.11 Å². The second-order valence-electron chi connectivity index (χ2n) is 4.74. The van der Waals surface area contributed by atoms with Crippen LogP contribution in [0.15, 0.2) is 0 Å². The molecular formula is C12H26N2O. The smallest absolute Gasteiger partial charge is 0.0443 e. The quantitative estimate of drug-likeness (QED) is 0.722. The minimum atomic E-state index is 0.314. The van der Waals surface area contributed by atoms with Gasteiger partial charge >= 0.3 is 0 Å². The molecule has 1 saturated heterocycles. The van der Waals surface area contributed by atoms with E-state index in [1.165, 1.54) is 25.8 Å². The number of nitrogens with zero attached hydrogens (tertiary/aromatic N) is 1. The van der Waals surface area contributed by atoms with Gasteiger partial charge in [-0.1, -0.05) is 0 Å². The molecule has 2 N–H and O–H groups in total. The first-order valence-electron chi connectivity index (χ1n) is 6.33. The second kappa shape index (κ2) is 7.20. The van der Waals surface area contributed by atoms with Gasteiger partial charge in [0.15, 0.2) is 0 Å². The molecule has 3 heteroatoms. The maximum atomic E-state index is 8.91. The Morgan fingerprint density at radius 3 is 2.80 bits per heavy atom. The lowest BCUT2D eigenvalue weighted by Crippen LogP contribution is -2.41. The lowest BCUT2D eigenvalue weighted by atomic mass is 10.1. The minimum absolute atomic E-state index is 0.314. The number of rotatable bonds is 5. The Balaban J connectivity index is 2.44. The van der Waals surface area contributed by atoms with Crippen LogP contribution in [0.4, 0.5) is 0 Å². The third-order valence-electron chi connectivity index (χ3n) is 3.25. The van der Waals surface area contributed by atoms with E-state index >= 15 is 0 Å². The van der Waals surface area contributed by atoms with E-state index in [2.05, 4.69) is 24.1 Å². The van der Waals surface area contributed by atoms with Crippen LogP contribution in [-0.2, 0) is 0 Å². The second-order valence-corrected chi connectivity index (χ2v) is 4.74. The molecule has 0 amide bonds. The molecule has 3 nitrogen and oxygen atoms in total. The van der Waals surface area contributed by atoms with Crippen molar-refractivity contribution in [2.45, 2.75) is 51.6 Å². The van der Waals surface area contributed by atoms with Gasteiger partial charge in [-0.3, -0.25) is 4.90 Å². The number of nitrogens with one attached hydrogen (secondary N) is 1. The Morgan fingerprint density at radius 1 is 1.33 bits per heavy atom. The normalized spacial score (nSPS) is 23.4. The molecule has 0 bridgehead atoms. The highest BCUT2D eigenvalue weighted by atomic mass is 16.3. The summed E-state index contributed by atoms with van der Waals surface area (Å²) in [6.45, 7) is 8.19. The summed E-state index contributed by atoms with van der Waals surface area (Å²) < 4.78 is 0. The molecule has 1 heterocycles. The van der Waals surface area contributed by atoms with Gasteiger partial charge in [-0.2, -0.15) is 0 Å². The highest BCUT2D eigenvalue weighted by molar-refractivity contribution is 4.78. The molecular weight excluding hydrogens is 188 g/mol. The molecule has 0 saturated carbocycles. The molecule has 1 fully saturated rings. The Labute approximate surface area is 93.9 Å².